The third-order valence-electron chi connectivity index (χ3n) is 4.59. The highest BCUT2D eigenvalue weighted by Gasteiger charge is 2.27. The van der Waals surface area contributed by atoms with Crippen molar-refractivity contribution in [3.05, 3.63) is 40.9 Å². The fraction of sp³-hybridized carbons (Fsp3) is 0.444. The van der Waals surface area contributed by atoms with Crippen molar-refractivity contribution >= 4 is 17.2 Å². The van der Waals surface area contributed by atoms with Crippen molar-refractivity contribution in [2.24, 2.45) is 11.7 Å². The van der Waals surface area contributed by atoms with Gasteiger partial charge in [0.1, 0.15) is 10.7 Å². The summed E-state index contributed by atoms with van der Waals surface area (Å²) in [6.45, 7) is 5.64. The summed E-state index contributed by atoms with van der Waals surface area (Å²) in [6, 6.07) is 8.26. The van der Waals surface area contributed by atoms with E-state index in [0.29, 0.717) is 11.6 Å². The van der Waals surface area contributed by atoms with Gasteiger partial charge in [-0.2, -0.15) is 0 Å². The number of likely N-dealkylation sites (tertiary alicyclic amines) is 1. The van der Waals surface area contributed by atoms with Gasteiger partial charge < -0.3 is 10.6 Å². The van der Waals surface area contributed by atoms with Crippen LogP contribution in [0.4, 0.5) is 0 Å². The van der Waals surface area contributed by atoms with Crippen molar-refractivity contribution in [1.82, 2.24) is 9.88 Å². The number of thiazole rings is 1. The molecule has 23 heavy (non-hydrogen) atoms. The molecule has 0 spiro atoms. The van der Waals surface area contributed by atoms with Gasteiger partial charge in [-0.15, -0.1) is 11.3 Å². The van der Waals surface area contributed by atoms with Gasteiger partial charge in [0.25, 0.3) is 5.91 Å². The average molecular weight is 329 g/mol. The third kappa shape index (κ3) is 3.46. The van der Waals surface area contributed by atoms with E-state index in [4.69, 9.17) is 5.73 Å². The molecule has 1 aromatic carbocycles. The maximum absolute atomic E-state index is 12.7. The number of hydrogen-bond acceptors (Lipinski definition) is 4. The minimum absolute atomic E-state index is 0.0337. The Hall–Kier alpha value is -1.72. The topological polar surface area (TPSA) is 59.2 Å². The molecule has 0 saturated carbocycles. The van der Waals surface area contributed by atoms with Gasteiger partial charge >= 0.3 is 0 Å². The molecular formula is C18H23N3OS. The second-order valence-corrected chi connectivity index (χ2v) is 7.22. The highest BCUT2D eigenvalue weighted by molar-refractivity contribution is 7.13. The molecule has 0 radical (unpaired) electrons. The van der Waals surface area contributed by atoms with E-state index in [-0.39, 0.29) is 11.9 Å². The van der Waals surface area contributed by atoms with E-state index in [9.17, 15) is 4.79 Å². The number of nitrogens with two attached hydrogens (primary N) is 1. The van der Waals surface area contributed by atoms with Crippen LogP contribution in [0.1, 0.15) is 35.8 Å². The normalized spacial score (nSPS) is 19.6. The van der Waals surface area contributed by atoms with Gasteiger partial charge in [0.15, 0.2) is 0 Å². The molecule has 2 N–H and O–H groups in total. The number of rotatable bonds is 3. The Labute approximate surface area is 141 Å². The molecule has 1 aliphatic rings. The number of carbonyl (C=O) groups is 1. The second-order valence-electron chi connectivity index (χ2n) is 6.37. The molecule has 1 saturated heterocycles. The number of nitrogens with zero attached hydrogens (tertiary/aromatic N) is 2. The van der Waals surface area contributed by atoms with Crippen LogP contribution in [0, 0.1) is 12.8 Å². The standard InChI is InChI=1S/C18H23N3OS/c1-12-6-3-4-8-15(12)17-20-16(11-23-17)18(22)21-9-5-7-14(10-21)13(2)19/h3-4,6,8,11,13-14H,5,7,9-10,19H2,1-2H3. The van der Waals surface area contributed by atoms with Crippen LogP contribution >= 0.6 is 11.3 Å². The Balaban J connectivity index is 1.78. The lowest BCUT2D eigenvalue weighted by Gasteiger charge is -2.34. The molecule has 3 rings (SSSR count). The molecule has 1 aromatic heterocycles. The van der Waals surface area contributed by atoms with E-state index < -0.39 is 0 Å². The summed E-state index contributed by atoms with van der Waals surface area (Å²) in [6.07, 6.45) is 2.12. The molecule has 2 atom stereocenters. The highest BCUT2D eigenvalue weighted by Crippen LogP contribution is 2.28. The zero-order valence-electron chi connectivity index (χ0n) is 13.7. The number of aryl methyl sites for hydroxylation is 1. The van der Waals surface area contributed by atoms with Gasteiger partial charge in [-0.05, 0) is 38.2 Å². The lowest BCUT2D eigenvalue weighted by Crippen LogP contribution is -2.45. The predicted molar refractivity (Wildman–Crippen MR) is 94.6 cm³/mol. The van der Waals surface area contributed by atoms with Crippen LogP contribution in [0.2, 0.25) is 0 Å². The molecular weight excluding hydrogens is 306 g/mol. The summed E-state index contributed by atoms with van der Waals surface area (Å²) < 4.78 is 0. The quantitative estimate of drug-likeness (QED) is 0.940. The summed E-state index contributed by atoms with van der Waals surface area (Å²) in [5.41, 5.74) is 8.84. The Morgan fingerprint density at radius 3 is 2.96 bits per heavy atom. The van der Waals surface area contributed by atoms with Crippen LogP contribution in [-0.4, -0.2) is 34.9 Å². The number of aromatic nitrogens is 1. The van der Waals surface area contributed by atoms with E-state index in [0.717, 1.165) is 36.5 Å². The van der Waals surface area contributed by atoms with Gasteiger partial charge in [-0.3, -0.25) is 4.79 Å². The largest absolute Gasteiger partial charge is 0.337 e. The molecule has 0 bridgehead atoms. The van der Waals surface area contributed by atoms with Crippen molar-refractivity contribution in [3.8, 4) is 10.6 Å². The molecule has 1 fully saturated rings. The van der Waals surface area contributed by atoms with Crippen LogP contribution in [-0.2, 0) is 0 Å². The number of benzene rings is 1. The van der Waals surface area contributed by atoms with Crippen molar-refractivity contribution < 1.29 is 4.79 Å². The van der Waals surface area contributed by atoms with Crippen LogP contribution in [0.5, 0.6) is 0 Å². The number of piperidine rings is 1. The van der Waals surface area contributed by atoms with Crippen LogP contribution in [0.25, 0.3) is 10.6 Å². The molecule has 2 unspecified atom stereocenters. The first-order valence-electron chi connectivity index (χ1n) is 8.12. The highest BCUT2D eigenvalue weighted by atomic mass is 32.1. The van der Waals surface area contributed by atoms with Gasteiger partial charge in [0.2, 0.25) is 0 Å². The van der Waals surface area contributed by atoms with Crippen LogP contribution in [0.15, 0.2) is 29.6 Å². The maximum Gasteiger partial charge on any atom is 0.273 e. The Morgan fingerprint density at radius 1 is 1.43 bits per heavy atom. The molecule has 2 heterocycles. The summed E-state index contributed by atoms with van der Waals surface area (Å²) in [7, 11) is 0. The van der Waals surface area contributed by atoms with Crippen LogP contribution < -0.4 is 5.73 Å². The number of hydrogen-bond donors (Lipinski definition) is 1. The summed E-state index contributed by atoms with van der Waals surface area (Å²) in [5.74, 6) is 0.425. The minimum atomic E-state index is 0.0337. The molecule has 1 aliphatic heterocycles. The smallest absolute Gasteiger partial charge is 0.273 e. The van der Waals surface area contributed by atoms with Crippen molar-refractivity contribution in [1.29, 1.82) is 0 Å². The van der Waals surface area contributed by atoms with Crippen LogP contribution in [0.3, 0.4) is 0 Å². The fourth-order valence-electron chi connectivity index (χ4n) is 3.09. The molecule has 0 aliphatic carbocycles. The first kappa shape index (κ1) is 16.1. The van der Waals surface area contributed by atoms with E-state index >= 15 is 0 Å². The van der Waals surface area contributed by atoms with E-state index in [1.54, 1.807) is 0 Å². The van der Waals surface area contributed by atoms with E-state index in [1.165, 1.54) is 16.9 Å². The third-order valence-corrected chi connectivity index (χ3v) is 5.46. The predicted octanol–water partition coefficient (Wildman–Crippen LogP) is 3.32. The summed E-state index contributed by atoms with van der Waals surface area (Å²) in [4.78, 5) is 19.2. The zero-order chi connectivity index (χ0) is 16.4. The van der Waals surface area contributed by atoms with Gasteiger partial charge in [0, 0.05) is 30.1 Å². The lowest BCUT2D eigenvalue weighted by atomic mass is 9.92. The monoisotopic (exact) mass is 329 g/mol. The number of amides is 1. The first-order valence-corrected chi connectivity index (χ1v) is 9.00. The van der Waals surface area contributed by atoms with Crippen molar-refractivity contribution in [2.45, 2.75) is 32.7 Å². The maximum atomic E-state index is 12.7. The second kappa shape index (κ2) is 6.81. The van der Waals surface area contributed by atoms with E-state index in [2.05, 4.69) is 24.0 Å². The van der Waals surface area contributed by atoms with Crippen molar-refractivity contribution in [2.75, 3.05) is 13.1 Å². The molecule has 5 heteroatoms. The van der Waals surface area contributed by atoms with Gasteiger partial charge in [-0.1, -0.05) is 24.3 Å². The summed E-state index contributed by atoms with van der Waals surface area (Å²) in [5, 5.41) is 2.78. The fourth-order valence-corrected chi connectivity index (χ4v) is 3.98. The Morgan fingerprint density at radius 2 is 2.22 bits per heavy atom. The SMILES string of the molecule is Cc1ccccc1-c1nc(C(=O)N2CCCC(C(C)N)C2)cs1. The van der Waals surface area contributed by atoms with Gasteiger partial charge in [-0.25, -0.2) is 4.98 Å². The number of carbonyl (C=O) groups excluding carboxylic acids is 1. The average Bonchev–Trinajstić information content (AvgIpc) is 3.04. The molecule has 4 nitrogen and oxygen atoms in total. The van der Waals surface area contributed by atoms with Crippen molar-refractivity contribution in [3.63, 3.8) is 0 Å². The van der Waals surface area contributed by atoms with E-state index in [1.807, 2.05) is 29.3 Å². The molecule has 122 valence electrons. The summed E-state index contributed by atoms with van der Waals surface area (Å²) >= 11 is 1.53. The first-order chi connectivity index (χ1) is 11.1. The Bertz CT molecular complexity index is 695. The van der Waals surface area contributed by atoms with Gasteiger partial charge in [0.05, 0.1) is 0 Å². The zero-order valence-corrected chi connectivity index (χ0v) is 14.5. The lowest BCUT2D eigenvalue weighted by molar-refractivity contribution is 0.0656. The minimum Gasteiger partial charge on any atom is -0.337 e. The molecule has 2 aromatic rings. The molecule has 1 amide bonds. The Kier molecular flexibility index (Phi) is 4.78.